The van der Waals surface area contributed by atoms with E-state index < -0.39 is 5.97 Å². The first-order valence-corrected chi connectivity index (χ1v) is 7.06. The van der Waals surface area contributed by atoms with E-state index in [0.717, 1.165) is 38.3 Å². The van der Waals surface area contributed by atoms with Crippen LogP contribution < -0.4 is 5.32 Å². The fourth-order valence-electron chi connectivity index (χ4n) is 2.38. The smallest absolute Gasteiger partial charge is 0.335 e. The predicted octanol–water partition coefficient (Wildman–Crippen LogP) is 1.20. The maximum Gasteiger partial charge on any atom is 0.335 e. The summed E-state index contributed by atoms with van der Waals surface area (Å²) in [6.07, 6.45) is 0.214. The third-order valence-corrected chi connectivity index (χ3v) is 3.55. The predicted molar refractivity (Wildman–Crippen MR) is 77.0 cm³/mol. The number of likely N-dealkylation sites (N-methyl/N-ethyl adjacent to an activating group) is 1. The molecule has 0 bridgehead atoms. The van der Waals surface area contributed by atoms with Crippen molar-refractivity contribution in [3.63, 3.8) is 0 Å². The van der Waals surface area contributed by atoms with E-state index in [1.54, 1.807) is 18.2 Å². The molecule has 5 heteroatoms. The van der Waals surface area contributed by atoms with Crippen LogP contribution in [0, 0.1) is 0 Å². The van der Waals surface area contributed by atoms with Crippen molar-refractivity contribution in [2.24, 2.45) is 0 Å². The van der Waals surface area contributed by atoms with Crippen molar-refractivity contribution in [2.75, 3.05) is 32.8 Å². The Kier molecular flexibility index (Phi) is 5.52. The number of benzene rings is 1. The summed E-state index contributed by atoms with van der Waals surface area (Å²) < 4.78 is 5.71. The van der Waals surface area contributed by atoms with Gasteiger partial charge >= 0.3 is 5.97 Å². The van der Waals surface area contributed by atoms with Crippen molar-refractivity contribution in [3.8, 4) is 0 Å². The zero-order chi connectivity index (χ0) is 14.4. The monoisotopic (exact) mass is 278 g/mol. The summed E-state index contributed by atoms with van der Waals surface area (Å²) in [6, 6.07) is 7.01. The van der Waals surface area contributed by atoms with Crippen LogP contribution in [0.4, 0.5) is 0 Å². The lowest BCUT2D eigenvalue weighted by Gasteiger charge is -2.32. The molecule has 1 fully saturated rings. The molecule has 1 aromatic carbocycles. The molecular formula is C15H22N2O3. The topological polar surface area (TPSA) is 61.8 Å². The molecule has 5 nitrogen and oxygen atoms in total. The molecule has 1 aliphatic heterocycles. The number of carbonyl (C=O) groups is 1. The zero-order valence-corrected chi connectivity index (χ0v) is 11.8. The van der Waals surface area contributed by atoms with Crippen LogP contribution in [0.1, 0.15) is 22.8 Å². The lowest BCUT2D eigenvalue weighted by atomic mass is 10.1. The van der Waals surface area contributed by atoms with Crippen LogP contribution in [-0.2, 0) is 11.3 Å². The van der Waals surface area contributed by atoms with Gasteiger partial charge in [0.1, 0.15) is 0 Å². The van der Waals surface area contributed by atoms with Gasteiger partial charge in [-0.25, -0.2) is 4.79 Å². The van der Waals surface area contributed by atoms with E-state index in [9.17, 15) is 4.79 Å². The number of morpholine rings is 1. The fourth-order valence-corrected chi connectivity index (χ4v) is 2.38. The highest BCUT2D eigenvalue weighted by atomic mass is 16.5. The second-order valence-corrected chi connectivity index (χ2v) is 5.02. The molecular weight excluding hydrogens is 256 g/mol. The normalized spacial score (nSPS) is 19.9. The van der Waals surface area contributed by atoms with Gasteiger partial charge in [0.25, 0.3) is 0 Å². The lowest BCUT2D eigenvalue weighted by Crippen LogP contribution is -2.46. The highest BCUT2D eigenvalue weighted by Gasteiger charge is 2.18. The number of rotatable bonds is 6. The molecule has 1 saturated heterocycles. The van der Waals surface area contributed by atoms with Gasteiger partial charge in [-0.3, -0.25) is 4.90 Å². The number of ether oxygens (including phenoxy) is 1. The summed E-state index contributed by atoms with van der Waals surface area (Å²) in [4.78, 5) is 13.3. The van der Waals surface area contributed by atoms with Crippen molar-refractivity contribution in [3.05, 3.63) is 35.4 Å². The van der Waals surface area contributed by atoms with E-state index in [1.807, 2.05) is 6.07 Å². The Labute approximate surface area is 119 Å². The molecule has 110 valence electrons. The van der Waals surface area contributed by atoms with Crippen LogP contribution >= 0.6 is 0 Å². The quantitative estimate of drug-likeness (QED) is 0.818. The molecule has 0 aliphatic carbocycles. The van der Waals surface area contributed by atoms with Gasteiger partial charge in [-0.05, 0) is 24.2 Å². The summed E-state index contributed by atoms with van der Waals surface area (Å²) >= 11 is 0. The van der Waals surface area contributed by atoms with E-state index in [0.29, 0.717) is 12.1 Å². The summed E-state index contributed by atoms with van der Waals surface area (Å²) in [7, 11) is 0. The van der Waals surface area contributed by atoms with Crippen molar-refractivity contribution in [1.29, 1.82) is 0 Å². The van der Waals surface area contributed by atoms with Gasteiger partial charge in [-0.2, -0.15) is 0 Å². The Bertz CT molecular complexity index is 450. The largest absolute Gasteiger partial charge is 0.478 e. The first kappa shape index (κ1) is 15.0. The summed E-state index contributed by atoms with van der Waals surface area (Å²) in [5.74, 6) is -0.888. The van der Waals surface area contributed by atoms with Gasteiger partial charge in [0.15, 0.2) is 0 Å². The minimum atomic E-state index is -0.888. The van der Waals surface area contributed by atoms with Gasteiger partial charge < -0.3 is 15.2 Å². The van der Waals surface area contributed by atoms with Gasteiger partial charge in [0, 0.05) is 26.2 Å². The maximum absolute atomic E-state index is 10.9. The van der Waals surface area contributed by atoms with Crippen molar-refractivity contribution in [2.45, 2.75) is 19.6 Å². The third-order valence-electron chi connectivity index (χ3n) is 3.55. The molecule has 1 aromatic rings. The van der Waals surface area contributed by atoms with Crippen LogP contribution in [0.15, 0.2) is 24.3 Å². The van der Waals surface area contributed by atoms with E-state index in [4.69, 9.17) is 9.84 Å². The van der Waals surface area contributed by atoms with E-state index >= 15 is 0 Å². The molecule has 0 saturated carbocycles. The lowest BCUT2D eigenvalue weighted by molar-refractivity contribution is -0.0253. The first-order valence-electron chi connectivity index (χ1n) is 7.06. The van der Waals surface area contributed by atoms with Crippen molar-refractivity contribution < 1.29 is 14.6 Å². The van der Waals surface area contributed by atoms with Crippen LogP contribution in [-0.4, -0.2) is 54.9 Å². The molecule has 20 heavy (non-hydrogen) atoms. The standard InChI is InChI=1S/C15H22N2O3/c1-2-17-6-7-20-14(11-17)10-16-9-12-4-3-5-13(8-12)15(18)19/h3-5,8,14,16H,2,6-7,9-11H2,1H3,(H,18,19). The number of carboxylic acids is 1. The summed E-state index contributed by atoms with van der Waals surface area (Å²) in [6.45, 7) is 7.41. The average molecular weight is 278 g/mol. The molecule has 0 amide bonds. The number of hydrogen-bond acceptors (Lipinski definition) is 4. The average Bonchev–Trinajstić information content (AvgIpc) is 2.48. The summed E-state index contributed by atoms with van der Waals surface area (Å²) in [5.41, 5.74) is 1.31. The molecule has 1 atom stereocenters. The number of nitrogens with one attached hydrogen (secondary N) is 1. The van der Waals surface area contributed by atoms with Gasteiger partial charge in [0.2, 0.25) is 0 Å². The number of aromatic carboxylic acids is 1. The highest BCUT2D eigenvalue weighted by molar-refractivity contribution is 5.87. The van der Waals surface area contributed by atoms with E-state index in [2.05, 4.69) is 17.1 Å². The van der Waals surface area contributed by atoms with Crippen molar-refractivity contribution in [1.82, 2.24) is 10.2 Å². The molecule has 1 unspecified atom stereocenters. The summed E-state index contributed by atoms with van der Waals surface area (Å²) in [5, 5.41) is 12.3. The van der Waals surface area contributed by atoms with E-state index in [1.165, 1.54) is 0 Å². The van der Waals surface area contributed by atoms with Gasteiger partial charge in [-0.15, -0.1) is 0 Å². The Balaban J connectivity index is 1.78. The molecule has 1 heterocycles. The zero-order valence-electron chi connectivity index (χ0n) is 11.8. The third kappa shape index (κ3) is 4.30. The van der Waals surface area contributed by atoms with Crippen LogP contribution in [0.25, 0.3) is 0 Å². The maximum atomic E-state index is 10.9. The molecule has 0 radical (unpaired) electrons. The van der Waals surface area contributed by atoms with Crippen LogP contribution in [0.3, 0.4) is 0 Å². The molecule has 0 spiro atoms. The molecule has 2 rings (SSSR count). The number of hydrogen-bond donors (Lipinski definition) is 2. The Hall–Kier alpha value is -1.43. The molecule has 1 aliphatic rings. The van der Waals surface area contributed by atoms with Gasteiger partial charge in [-0.1, -0.05) is 19.1 Å². The Morgan fingerprint density at radius 1 is 1.55 bits per heavy atom. The number of nitrogens with zero attached hydrogens (tertiary/aromatic N) is 1. The van der Waals surface area contributed by atoms with E-state index in [-0.39, 0.29) is 6.10 Å². The number of carboxylic acid groups (broad SMARTS) is 1. The van der Waals surface area contributed by atoms with Gasteiger partial charge in [0.05, 0.1) is 18.3 Å². The van der Waals surface area contributed by atoms with Crippen LogP contribution in [0.2, 0.25) is 0 Å². The highest BCUT2D eigenvalue weighted by Crippen LogP contribution is 2.07. The fraction of sp³-hybridized carbons (Fsp3) is 0.533. The second kappa shape index (κ2) is 7.38. The first-order chi connectivity index (χ1) is 9.69. The molecule has 2 N–H and O–H groups in total. The minimum Gasteiger partial charge on any atom is -0.478 e. The van der Waals surface area contributed by atoms with Crippen LogP contribution in [0.5, 0.6) is 0 Å². The SMILES string of the molecule is CCN1CCOC(CNCc2cccc(C(=O)O)c2)C1. The molecule has 0 aromatic heterocycles. The van der Waals surface area contributed by atoms with Crippen molar-refractivity contribution >= 4 is 5.97 Å². The Morgan fingerprint density at radius 3 is 3.15 bits per heavy atom. The Morgan fingerprint density at radius 2 is 2.40 bits per heavy atom. The minimum absolute atomic E-state index is 0.214. The second-order valence-electron chi connectivity index (χ2n) is 5.02.